The fourth-order valence-electron chi connectivity index (χ4n) is 1.16. The van der Waals surface area contributed by atoms with E-state index in [4.69, 9.17) is 17.3 Å². The molecule has 0 atom stereocenters. The topological polar surface area (TPSA) is 26.0 Å². The molecule has 0 heterocycles. The molecule has 1 aromatic carbocycles. The van der Waals surface area contributed by atoms with E-state index in [0.29, 0.717) is 6.54 Å². The number of hydrogen-bond acceptors (Lipinski definition) is 2. The van der Waals surface area contributed by atoms with Gasteiger partial charge in [0.15, 0.2) is 0 Å². The molecule has 0 saturated heterocycles. The van der Waals surface area contributed by atoms with Gasteiger partial charge < -0.3 is 5.73 Å². The molecule has 0 bridgehead atoms. The highest BCUT2D eigenvalue weighted by atomic mass is 35.5. The van der Waals surface area contributed by atoms with Gasteiger partial charge >= 0.3 is 0 Å². The van der Waals surface area contributed by atoms with Crippen molar-refractivity contribution in [3.05, 3.63) is 34.3 Å². The maximum Gasteiger partial charge on any atom is 0.0449 e. The van der Waals surface area contributed by atoms with Crippen LogP contribution in [-0.2, 0) is 12.3 Å². The molecule has 2 N–H and O–H groups in total. The fourth-order valence-corrected chi connectivity index (χ4v) is 2.42. The summed E-state index contributed by atoms with van der Waals surface area (Å²) in [6, 6.07) is 6.09. The Morgan fingerprint density at radius 3 is 2.79 bits per heavy atom. The lowest BCUT2D eigenvalue weighted by Gasteiger charge is -2.05. The highest BCUT2D eigenvalue weighted by Crippen LogP contribution is 2.22. The van der Waals surface area contributed by atoms with Gasteiger partial charge in [-0.15, -0.1) is 0 Å². The molecule has 0 aliphatic carbocycles. The smallest absolute Gasteiger partial charge is 0.0449 e. The average molecular weight is 230 g/mol. The third-order valence-corrected chi connectivity index (χ3v) is 3.52. The predicted octanol–water partition coefficient (Wildman–Crippen LogP) is 3.44. The Balaban J connectivity index is 2.59. The molecule has 0 aliphatic rings. The van der Waals surface area contributed by atoms with Gasteiger partial charge in [-0.05, 0) is 29.4 Å². The second kappa shape index (κ2) is 6.33. The van der Waals surface area contributed by atoms with E-state index in [2.05, 4.69) is 13.0 Å². The van der Waals surface area contributed by atoms with Gasteiger partial charge in [-0.25, -0.2) is 0 Å². The normalized spacial score (nSPS) is 10.5. The number of halogens is 1. The molecule has 0 fully saturated rings. The van der Waals surface area contributed by atoms with Gasteiger partial charge in [-0.3, -0.25) is 0 Å². The maximum absolute atomic E-state index is 6.12. The molecule has 1 rings (SSSR count). The SMILES string of the molecule is CCCSCc1ccc(CN)cc1Cl. The molecule has 0 radical (unpaired) electrons. The van der Waals surface area contributed by atoms with Crippen molar-refractivity contribution in [1.82, 2.24) is 0 Å². The number of hydrogen-bond donors (Lipinski definition) is 1. The zero-order valence-electron chi connectivity index (χ0n) is 8.42. The number of thioether (sulfide) groups is 1. The summed E-state index contributed by atoms with van der Waals surface area (Å²) in [5.41, 5.74) is 7.83. The molecule has 1 nitrogen and oxygen atoms in total. The van der Waals surface area contributed by atoms with Crippen molar-refractivity contribution in [1.29, 1.82) is 0 Å². The van der Waals surface area contributed by atoms with E-state index in [1.54, 1.807) is 0 Å². The van der Waals surface area contributed by atoms with Crippen molar-refractivity contribution in [2.24, 2.45) is 5.73 Å². The molecule has 78 valence electrons. The van der Waals surface area contributed by atoms with Gasteiger partial charge in [0.25, 0.3) is 0 Å². The van der Waals surface area contributed by atoms with E-state index < -0.39 is 0 Å². The van der Waals surface area contributed by atoms with Gasteiger partial charge in [0, 0.05) is 17.3 Å². The van der Waals surface area contributed by atoms with Crippen molar-refractivity contribution in [3.8, 4) is 0 Å². The summed E-state index contributed by atoms with van der Waals surface area (Å²) < 4.78 is 0. The summed E-state index contributed by atoms with van der Waals surface area (Å²) in [6.45, 7) is 2.74. The lowest BCUT2D eigenvalue weighted by molar-refractivity contribution is 1.07. The number of benzene rings is 1. The lowest BCUT2D eigenvalue weighted by atomic mass is 10.1. The molecule has 0 aliphatic heterocycles. The summed E-state index contributed by atoms with van der Waals surface area (Å²) in [7, 11) is 0. The van der Waals surface area contributed by atoms with E-state index in [-0.39, 0.29) is 0 Å². The van der Waals surface area contributed by atoms with Crippen LogP contribution in [0.15, 0.2) is 18.2 Å². The number of nitrogens with two attached hydrogens (primary N) is 1. The van der Waals surface area contributed by atoms with Crippen LogP contribution < -0.4 is 5.73 Å². The highest BCUT2D eigenvalue weighted by Gasteiger charge is 2.00. The Morgan fingerprint density at radius 1 is 1.43 bits per heavy atom. The summed E-state index contributed by atoms with van der Waals surface area (Å²) in [4.78, 5) is 0. The average Bonchev–Trinajstić information content (AvgIpc) is 2.20. The van der Waals surface area contributed by atoms with Crippen LogP contribution in [0.2, 0.25) is 5.02 Å². The van der Waals surface area contributed by atoms with Gasteiger partial charge in [-0.2, -0.15) is 11.8 Å². The second-order valence-electron chi connectivity index (χ2n) is 3.18. The Morgan fingerprint density at radius 2 is 2.21 bits per heavy atom. The Bertz CT molecular complexity index is 289. The third kappa shape index (κ3) is 3.52. The van der Waals surface area contributed by atoms with Crippen molar-refractivity contribution < 1.29 is 0 Å². The molecule has 0 aromatic heterocycles. The first-order valence-electron chi connectivity index (χ1n) is 4.83. The standard InChI is InChI=1S/C11H16ClNS/c1-2-5-14-8-10-4-3-9(7-13)6-11(10)12/h3-4,6H,2,5,7-8,13H2,1H3. The molecule has 0 unspecified atom stereocenters. The lowest BCUT2D eigenvalue weighted by Crippen LogP contribution is -1.96. The van der Waals surface area contributed by atoms with Crippen LogP contribution >= 0.6 is 23.4 Å². The van der Waals surface area contributed by atoms with Crippen LogP contribution in [0.1, 0.15) is 24.5 Å². The molecule has 14 heavy (non-hydrogen) atoms. The van der Waals surface area contributed by atoms with Gasteiger partial charge in [0.05, 0.1) is 0 Å². The van der Waals surface area contributed by atoms with Crippen LogP contribution in [0, 0.1) is 0 Å². The van der Waals surface area contributed by atoms with E-state index in [9.17, 15) is 0 Å². The summed E-state index contributed by atoms with van der Waals surface area (Å²) in [6.07, 6.45) is 1.21. The molecule has 0 saturated carbocycles. The minimum atomic E-state index is 0.558. The van der Waals surface area contributed by atoms with E-state index in [1.807, 2.05) is 23.9 Å². The van der Waals surface area contributed by atoms with Crippen molar-refractivity contribution in [2.75, 3.05) is 5.75 Å². The highest BCUT2D eigenvalue weighted by molar-refractivity contribution is 7.98. The van der Waals surface area contributed by atoms with Gasteiger partial charge in [0.2, 0.25) is 0 Å². The minimum Gasteiger partial charge on any atom is -0.326 e. The zero-order chi connectivity index (χ0) is 10.4. The summed E-state index contributed by atoms with van der Waals surface area (Å²) in [5.74, 6) is 2.19. The van der Waals surface area contributed by atoms with Crippen LogP contribution in [0.5, 0.6) is 0 Å². The monoisotopic (exact) mass is 229 g/mol. The third-order valence-electron chi connectivity index (χ3n) is 1.96. The van der Waals surface area contributed by atoms with Crippen molar-refractivity contribution in [2.45, 2.75) is 25.6 Å². The van der Waals surface area contributed by atoms with Crippen LogP contribution in [0.3, 0.4) is 0 Å². The van der Waals surface area contributed by atoms with E-state index in [1.165, 1.54) is 17.7 Å². The van der Waals surface area contributed by atoms with Crippen molar-refractivity contribution >= 4 is 23.4 Å². The zero-order valence-corrected chi connectivity index (χ0v) is 10.00. The largest absolute Gasteiger partial charge is 0.326 e. The summed E-state index contributed by atoms with van der Waals surface area (Å²) >= 11 is 8.04. The predicted molar refractivity (Wildman–Crippen MR) is 65.8 cm³/mol. The minimum absolute atomic E-state index is 0.558. The Kier molecular flexibility index (Phi) is 5.38. The molecular weight excluding hydrogens is 214 g/mol. The second-order valence-corrected chi connectivity index (χ2v) is 4.69. The van der Waals surface area contributed by atoms with E-state index >= 15 is 0 Å². The summed E-state index contributed by atoms with van der Waals surface area (Å²) in [5, 5.41) is 0.844. The fraction of sp³-hybridized carbons (Fsp3) is 0.455. The van der Waals surface area contributed by atoms with Crippen LogP contribution in [-0.4, -0.2) is 5.75 Å². The number of rotatable bonds is 5. The Labute approximate surface area is 95.0 Å². The van der Waals surface area contributed by atoms with Crippen LogP contribution in [0.25, 0.3) is 0 Å². The van der Waals surface area contributed by atoms with Gasteiger partial charge in [-0.1, -0.05) is 30.7 Å². The first kappa shape index (κ1) is 11.9. The molecule has 3 heteroatoms. The van der Waals surface area contributed by atoms with Crippen molar-refractivity contribution in [3.63, 3.8) is 0 Å². The van der Waals surface area contributed by atoms with E-state index in [0.717, 1.165) is 16.3 Å². The van der Waals surface area contributed by atoms with Gasteiger partial charge in [0.1, 0.15) is 0 Å². The first-order valence-corrected chi connectivity index (χ1v) is 6.36. The molecular formula is C11H16ClNS. The first-order chi connectivity index (χ1) is 6.77. The maximum atomic E-state index is 6.12. The Hall–Kier alpha value is -0.180. The molecule has 1 aromatic rings. The van der Waals surface area contributed by atoms with Crippen LogP contribution in [0.4, 0.5) is 0 Å². The molecule has 0 amide bonds. The molecule has 0 spiro atoms. The quantitative estimate of drug-likeness (QED) is 0.783.